The number of hydrogen-bond donors (Lipinski definition) is 1. The van der Waals surface area contributed by atoms with Crippen LogP contribution in [-0.2, 0) is 6.42 Å². The van der Waals surface area contributed by atoms with Gasteiger partial charge in [-0.1, -0.05) is 30.3 Å². The molecule has 0 aromatic heterocycles. The summed E-state index contributed by atoms with van der Waals surface area (Å²) in [5, 5.41) is 13.9. The van der Waals surface area contributed by atoms with Crippen LogP contribution in [0.1, 0.15) is 27.9 Å². The van der Waals surface area contributed by atoms with Gasteiger partial charge in [-0.3, -0.25) is 14.9 Å². The lowest BCUT2D eigenvalue weighted by Crippen LogP contribution is -2.15. The van der Waals surface area contributed by atoms with Gasteiger partial charge in [0.2, 0.25) is 0 Å². The number of Topliss-reactive ketones (excluding diaryl/α,β-unsaturated/α-hetero) is 1. The highest BCUT2D eigenvalue weighted by molar-refractivity contribution is 6.10. The van der Waals surface area contributed by atoms with Crippen LogP contribution < -0.4 is 5.32 Å². The molecular weight excluding hydrogens is 292 g/mol. The van der Waals surface area contributed by atoms with Crippen molar-refractivity contribution in [3.8, 4) is 0 Å². The van der Waals surface area contributed by atoms with Gasteiger partial charge in [0.15, 0.2) is 5.78 Å². The first kappa shape index (κ1) is 15.0. The zero-order chi connectivity index (χ0) is 16.4. The number of non-ortho nitro benzene ring substituents is 1. The maximum absolute atomic E-state index is 12.5. The lowest BCUT2D eigenvalue weighted by molar-refractivity contribution is -0.384. The van der Waals surface area contributed by atoms with E-state index >= 15 is 0 Å². The molecule has 5 heteroatoms. The summed E-state index contributed by atoms with van der Waals surface area (Å²) in [7, 11) is 0. The molecule has 0 bridgehead atoms. The Kier molecular flexibility index (Phi) is 3.93. The highest BCUT2D eigenvalue weighted by Crippen LogP contribution is 2.26. The Bertz CT molecular complexity index is 825. The van der Waals surface area contributed by atoms with Crippen molar-refractivity contribution < 1.29 is 9.72 Å². The molecule has 0 amide bonds. The molecule has 1 N–H and O–H groups in total. The number of nitro groups is 1. The highest BCUT2D eigenvalue weighted by Gasteiger charge is 2.21. The number of hydrogen-bond acceptors (Lipinski definition) is 4. The van der Waals surface area contributed by atoms with E-state index in [9.17, 15) is 14.9 Å². The van der Waals surface area contributed by atoms with Gasteiger partial charge in [-0.25, -0.2) is 0 Å². The van der Waals surface area contributed by atoms with Crippen molar-refractivity contribution in [2.24, 2.45) is 0 Å². The fraction of sp³-hybridized carbons (Fsp3) is 0.167. The fourth-order valence-corrected chi connectivity index (χ4v) is 2.70. The summed E-state index contributed by atoms with van der Waals surface area (Å²) in [6.07, 6.45) is 3.16. The second-order valence-electron chi connectivity index (χ2n) is 5.56. The van der Waals surface area contributed by atoms with Crippen molar-refractivity contribution in [3.63, 3.8) is 0 Å². The molecule has 116 valence electrons. The van der Waals surface area contributed by atoms with Gasteiger partial charge >= 0.3 is 0 Å². The lowest BCUT2D eigenvalue weighted by Gasteiger charge is -2.17. The number of fused-ring (bicyclic) bond motifs is 1. The van der Waals surface area contributed by atoms with Crippen molar-refractivity contribution in [1.82, 2.24) is 0 Å². The van der Waals surface area contributed by atoms with Crippen molar-refractivity contribution in [1.29, 1.82) is 0 Å². The smallest absolute Gasteiger partial charge is 0.271 e. The predicted octanol–water partition coefficient (Wildman–Crippen LogP) is 4.03. The first-order valence-electron chi connectivity index (χ1n) is 7.39. The summed E-state index contributed by atoms with van der Waals surface area (Å²) in [6, 6.07) is 12.2. The maximum atomic E-state index is 12.5. The van der Waals surface area contributed by atoms with Gasteiger partial charge in [-0.2, -0.15) is 0 Å². The maximum Gasteiger partial charge on any atom is 0.271 e. The number of rotatable bonds is 3. The van der Waals surface area contributed by atoms with E-state index in [0.717, 1.165) is 23.1 Å². The SMILES string of the molecule is Cc1ccc([N+](=O)[O-])cc1N/C=C1/CCc2ccccc2C1=O. The largest absolute Gasteiger partial charge is 0.361 e. The van der Waals surface area contributed by atoms with Crippen LogP contribution in [-0.4, -0.2) is 10.7 Å². The normalized spacial score (nSPS) is 15.3. The molecule has 0 fully saturated rings. The Morgan fingerprint density at radius 2 is 1.96 bits per heavy atom. The van der Waals surface area contributed by atoms with Crippen LogP contribution >= 0.6 is 0 Å². The molecule has 3 rings (SSSR count). The molecule has 2 aromatic rings. The second kappa shape index (κ2) is 6.04. The Hall–Kier alpha value is -2.95. The third kappa shape index (κ3) is 2.99. The van der Waals surface area contributed by atoms with Crippen molar-refractivity contribution in [2.45, 2.75) is 19.8 Å². The lowest BCUT2D eigenvalue weighted by atomic mass is 9.87. The van der Waals surface area contributed by atoms with Crippen molar-refractivity contribution >= 4 is 17.2 Å². The standard InChI is InChI=1S/C18H16N2O3/c1-12-6-9-15(20(22)23)10-17(12)19-11-14-8-7-13-4-2-3-5-16(13)18(14)21/h2-6,9-11,19H,7-8H2,1H3/b14-11-. The molecule has 0 atom stereocenters. The molecule has 0 saturated heterocycles. The van der Waals surface area contributed by atoms with E-state index < -0.39 is 4.92 Å². The molecule has 1 aliphatic carbocycles. The minimum Gasteiger partial charge on any atom is -0.361 e. The van der Waals surface area contributed by atoms with Crippen LogP contribution in [0.3, 0.4) is 0 Å². The second-order valence-corrected chi connectivity index (χ2v) is 5.56. The van der Waals surface area contributed by atoms with Crippen LogP contribution in [0.4, 0.5) is 11.4 Å². The number of nitrogens with one attached hydrogen (secondary N) is 1. The number of aryl methyl sites for hydroxylation is 2. The summed E-state index contributed by atoms with van der Waals surface area (Å²) in [4.78, 5) is 22.9. The molecule has 0 radical (unpaired) electrons. The summed E-state index contributed by atoms with van der Waals surface area (Å²) < 4.78 is 0. The van der Waals surface area contributed by atoms with E-state index in [1.54, 1.807) is 12.3 Å². The Morgan fingerprint density at radius 1 is 1.17 bits per heavy atom. The number of carbonyl (C=O) groups excluding carboxylic acids is 1. The van der Waals surface area contributed by atoms with Crippen molar-refractivity contribution in [2.75, 3.05) is 5.32 Å². The van der Waals surface area contributed by atoms with Crippen molar-refractivity contribution in [3.05, 3.63) is 81.0 Å². The Labute approximate surface area is 133 Å². The molecule has 0 saturated carbocycles. The van der Waals surface area contributed by atoms with Crippen LogP contribution in [0, 0.1) is 17.0 Å². The molecule has 1 aliphatic rings. The Morgan fingerprint density at radius 3 is 2.74 bits per heavy atom. The Balaban J connectivity index is 1.86. The van der Waals surface area contributed by atoms with Gasteiger partial charge in [0.05, 0.1) is 4.92 Å². The third-order valence-corrected chi connectivity index (χ3v) is 4.05. The fourth-order valence-electron chi connectivity index (χ4n) is 2.70. The molecule has 0 aliphatic heterocycles. The summed E-state index contributed by atoms with van der Waals surface area (Å²) in [5.41, 5.74) is 4.05. The number of nitro benzene ring substituents is 1. The summed E-state index contributed by atoms with van der Waals surface area (Å²) >= 11 is 0. The minimum atomic E-state index is -0.431. The van der Waals surface area contributed by atoms with E-state index in [0.29, 0.717) is 17.7 Å². The summed E-state index contributed by atoms with van der Waals surface area (Å²) in [5.74, 6) is 0.0161. The van der Waals surface area contributed by atoms with Crippen LogP contribution in [0.15, 0.2) is 54.2 Å². The first-order chi connectivity index (χ1) is 11.1. The molecule has 2 aromatic carbocycles. The van der Waals surface area contributed by atoms with Gasteiger partial charge in [-0.15, -0.1) is 0 Å². The van der Waals surface area contributed by atoms with E-state index in [2.05, 4.69) is 5.32 Å². The quantitative estimate of drug-likeness (QED) is 0.528. The first-order valence-corrected chi connectivity index (χ1v) is 7.39. The zero-order valence-corrected chi connectivity index (χ0v) is 12.7. The molecule has 23 heavy (non-hydrogen) atoms. The highest BCUT2D eigenvalue weighted by atomic mass is 16.6. The van der Waals surface area contributed by atoms with Gasteiger partial charge in [0.1, 0.15) is 0 Å². The zero-order valence-electron chi connectivity index (χ0n) is 12.7. The number of carbonyl (C=O) groups is 1. The van der Waals surface area contributed by atoms with E-state index in [1.807, 2.05) is 31.2 Å². The van der Waals surface area contributed by atoms with Crippen LogP contribution in [0.5, 0.6) is 0 Å². The van der Waals surface area contributed by atoms with E-state index in [1.165, 1.54) is 12.1 Å². The monoisotopic (exact) mass is 308 g/mol. The molecule has 0 spiro atoms. The minimum absolute atomic E-state index is 0.0161. The van der Waals surface area contributed by atoms with E-state index in [-0.39, 0.29) is 11.5 Å². The van der Waals surface area contributed by atoms with Crippen LogP contribution in [0.25, 0.3) is 0 Å². The number of ketones is 1. The number of nitrogens with zero attached hydrogens (tertiary/aromatic N) is 1. The molecular formula is C18H16N2O3. The van der Waals surface area contributed by atoms with Gasteiger partial charge in [-0.05, 0) is 30.9 Å². The van der Waals surface area contributed by atoms with E-state index in [4.69, 9.17) is 0 Å². The predicted molar refractivity (Wildman–Crippen MR) is 88.6 cm³/mol. The summed E-state index contributed by atoms with van der Waals surface area (Å²) in [6.45, 7) is 1.86. The van der Waals surface area contributed by atoms with Gasteiger partial charge in [0, 0.05) is 35.2 Å². The number of benzene rings is 2. The van der Waals surface area contributed by atoms with Gasteiger partial charge < -0.3 is 5.32 Å². The topological polar surface area (TPSA) is 72.2 Å². The molecule has 0 unspecified atom stereocenters. The molecule has 5 nitrogen and oxygen atoms in total. The van der Waals surface area contributed by atoms with Crippen LogP contribution in [0.2, 0.25) is 0 Å². The number of allylic oxidation sites excluding steroid dienone is 1. The third-order valence-electron chi connectivity index (χ3n) is 4.05. The molecule has 0 heterocycles. The number of anilines is 1. The average molecular weight is 308 g/mol. The average Bonchev–Trinajstić information content (AvgIpc) is 2.55. The van der Waals surface area contributed by atoms with Gasteiger partial charge in [0.25, 0.3) is 5.69 Å².